The molecule has 2 aromatic heterocycles. The number of nitrogens with one attached hydrogen (secondary N) is 1. The molecule has 2 heterocycles. The van der Waals surface area contributed by atoms with Crippen molar-refractivity contribution >= 4 is 21.7 Å². The van der Waals surface area contributed by atoms with Crippen LogP contribution in [0.15, 0.2) is 28.9 Å². The summed E-state index contributed by atoms with van der Waals surface area (Å²) in [6, 6.07) is 6.02. The molecule has 1 saturated carbocycles. The van der Waals surface area contributed by atoms with Crippen molar-refractivity contribution in [2.24, 2.45) is 0 Å². The van der Waals surface area contributed by atoms with Crippen molar-refractivity contribution in [2.45, 2.75) is 38.5 Å². The normalized spacial score (nSPS) is 15.3. The molecule has 2 aromatic rings. The number of pyridine rings is 1. The fourth-order valence-corrected chi connectivity index (χ4v) is 3.03. The maximum absolute atomic E-state index is 4.77. The van der Waals surface area contributed by atoms with Crippen molar-refractivity contribution in [1.29, 1.82) is 0 Å². The minimum absolute atomic E-state index is 0.569. The van der Waals surface area contributed by atoms with Gasteiger partial charge < -0.3 is 5.32 Å². The van der Waals surface area contributed by atoms with Gasteiger partial charge in [-0.1, -0.05) is 12.8 Å². The number of hydrogen-bond donors (Lipinski definition) is 1. The Bertz CT molecular complexity index is 606. The van der Waals surface area contributed by atoms with Crippen LogP contribution in [0, 0.1) is 0 Å². The van der Waals surface area contributed by atoms with Crippen molar-refractivity contribution in [3.05, 3.63) is 34.6 Å². The average molecular weight is 347 g/mol. The summed E-state index contributed by atoms with van der Waals surface area (Å²) in [5.41, 5.74) is 1.97. The lowest BCUT2D eigenvalue weighted by atomic mass is 10.0. The lowest BCUT2D eigenvalue weighted by molar-refractivity contribution is 0.695. The zero-order valence-electron chi connectivity index (χ0n) is 12.1. The predicted octanol–water partition coefficient (Wildman–Crippen LogP) is 4.39. The van der Waals surface area contributed by atoms with Gasteiger partial charge in [0.05, 0.1) is 0 Å². The molecule has 0 aliphatic heterocycles. The maximum atomic E-state index is 4.77. The van der Waals surface area contributed by atoms with E-state index in [4.69, 9.17) is 4.98 Å². The Morgan fingerprint density at radius 2 is 2.05 bits per heavy atom. The van der Waals surface area contributed by atoms with Gasteiger partial charge in [-0.05, 0) is 47.8 Å². The number of rotatable bonds is 4. The van der Waals surface area contributed by atoms with E-state index in [0.717, 1.165) is 28.2 Å². The molecule has 1 fully saturated rings. The first-order valence-electron chi connectivity index (χ1n) is 7.51. The first kappa shape index (κ1) is 14.4. The van der Waals surface area contributed by atoms with Gasteiger partial charge in [-0.25, -0.2) is 9.97 Å². The van der Waals surface area contributed by atoms with Crippen LogP contribution in [-0.2, 0) is 0 Å². The Morgan fingerprint density at radius 1 is 1.24 bits per heavy atom. The molecule has 110 valence electrons. The Morgan fingerprint density at radius 3 is 2.71 bits per heavy atom. The van der Waals surface area contributed by atoms with Gasteiger partial charge in [-0.15, -0.1) is 0 Å². The van der Waals surface area contributed by atoms with E-state index in [9.17, 15) is 0 Å². The van der Waals surface area contributed by atoms with Crippen LogP contribution >= 0.6 is 15.9 Å². The van der Waals surface area contributed by atoms with Crippen LogP contribution in [0.25, 0.3) is 11.5 Å². The van der Waals surface area contributed by atoms with Crippen LogP contribution in [0.5, 0.6) is 0 Å². The van der Waals surface area contributed by atoms with Crippen molar-refractivity contribution in [2.75, 3.05) is 11.9 Å². The molecule has 1 aliphatic carbocycles. The quantitative estimate of drug-likeness (QED) is 0.891. The first-order chi connectivity index (χ1) is 10.3. The average Bonchev–Trinajstić information content (AvgIpc) is 3.02. The van der Waals surface area contributed by atoms with E-state index in [2.05, 4.69) is 44.2 Å². The maximum Gasteiger partial charge on any atom is 0.180 e. The number of aromatic nitrogens is 3. The minimum atomic E-state index is 0.569. The zero-order chi connectivity index (χ0) is 14.7. The number of halogens is 1. The Balaban J connectivity index is 1.99. The molecule has 0 atom stereocenters. The lowest BCUT2D eigenvalue weighted by Gasteiger charge is -2.12. The van der Waals surface area contributed by atoms with Gasteiger partial charge in [-0.2, -0.15) is 0 Å². The Kier molecular flexibility index (Phi) is 4.48. The second kappa shape index (κ2) is 6.52. The van der Waals surface area contributed by atoms with Crippen LogP contribution in [0.3, 0.4) is 0 Å². The number of nitrogens with zero attached hydrogens (tertiary/aromatic N) is 3. The molecular formula is C16H19BrN4. The molecule has 1 aliphatic rings. The zero-order valence-corrected chi connectivity index (χ0v) is 13.7. The summed E-state index contributed by atoms with van der Waals surface area (Å²) in [5, 5.41) is 3.30. The molecule has 0 radical (unpaired) electrons. The van der Waals surface area contributed by atoms with Gasteiger partial charge in [0.15, 0.2) is 5.82 Å². The molecule has 0 spiro atoms. The van der Waals surface area contributed by atoms with E-state index < -0.39 is 0 Å². The van der Waals surface area contributed by atoms with Crippen LogP contribution < -0.4 is 5.32 Å². The highest BCUT2D eigenvalue weighted by molar-refractivity contribution is 9.10. The molecule has 21 heavy (non-hydrogen) atoms. The van der Waals surface area contributed by atoms with E-state index in [0.29, 0.717) is 11.7 Å². The molecular weight excluding hydrogens is 328 g/mol. The van der Waals surface area contributed by atoms with Crippen molar-refractivity contribution in [1.82, 2.24) is 15.0 Å². The second-order valence-corrected chi connectivity index (χ2v) is 6.29. The molecule has 0 saturated heterocycles. The molecule has 1 N–H and O–H groups in total. The highest BCUT2D eigenvalue weighted by atomic mass is 79.9. The van der Waals surface area contributed by atoms with Gasteiger partial charge in [-0.3, -0.25) is 4.98 Å². The van der Waals surface area contributed by atoms with Crippen LogP contribution in [0.2, 0.25) is 0 Å². The molecule has 0 unspecified atom stereocenters. The Hall–Kier alpha value is -1.49. The van der Waals surface area contributed by atoms with E-state index in [1.165, 1.54) is 25.7 Å². The summed E-state index contributed by atoms with van der Waals surface area (Å²) in [4.78, 5) is 13.8. The third kappa shape index (κ3) is 3.40. The third-order valence-electron chi connectivity index (χ3n) is 3.83. The van der Waals surface area contributed by atoms with Crippen molar-refractivity contribution in [3.63, 3.8) is 0 Å². The van der Waals surface area contributed by atoms with Crippen molar-refractivity contribution in [3.8, 4) is 11.5 Å². The molecule has 0 bridgehead atoms. The fourth-order valence-electron chi connectivity index (χ4n) is 2.79. The smallest absolute Gasteiger partial charge is 0.180 e. The molecule has 0 amide bonds. The predicted molar refractivity (Wildman–Crippen MR) is 88.3 cm³/mol. The van der Waals surface area contributed by atoms with Crippen LogP contribution in [0.4, 0.5) is 5.82 Å². The Labute approximate surface area is 133 Å². The number of anilines is 1. The minimum Gasteiger partial charge on any atom is -0.370 e. The van der Waals surface area contributed by atoms with Crippen LogP contribution in [-0.4, -0.2) is 21.5 Å². The van der Waals surface area contributed by atoms with E-state index in [-0.39, 0.29) is 0 Å². The topological polar surface area (TPSA) is 50.7 Å². The SMILES string of the molecule is CCNc1cc(C2CCCC2)nc(-c2ccc(Br)cn2)n1. The monoisotopic (exact) mass is 346 g/mol. The van der Waals surface area contributed by atoms with Gasteiger partial charge >= 0.3 is 0 Å². The summed E-state index contributed by atoms with van der Waals surface area (Å²) >= 11 is 3.41. The second-order valence-electron chi connectivity index (χ2n) is 5.38. The standard InChI is InChI=1S/C16H19BrN4/c1-2-18-15-9-14(11-5-3-4-6-11)20-16(21-15)13-8-7-12(17)10-19-13/h7-11H,2-6H2,1H3,(H,18,20,21). The third-order valence-corrected chi connectivity index (χ3v) is 4.30. The van der Waals surface area contributed by atoms with Gasteiger partial charge in [0.2, 0.25) is 0 Å². The molecule has 4 nitrogen and oxygen atoms in total. The first-order valence-corrected chi connectivity index (χ1v) is 8.30. The summed E-state index contributed by atoms with van der Waals surface area (Å²) in [7, 11) is 0. The number of hydrogen-bond acceptors (Lipinski definition) is 4. The highest BCUT2D eigenvalue weighted by Crippen LogP contribution is 2.34. The largest absolute Gasteiger partial charge is 0.370 e. The summed E-state index contributed by atoms with van der Waals surface area (Å²) in [5.74, 6) is 2.18. The molecule has 5 heteroatoms. The lowest BCUT2D eigenvalue weighted by Crippen LogP contribution is -2.06. The summed E-state index contributed by atoms with van der Waals surface area (Å²) in [6.07, 6.45) is 6.85. The van der Waals surface area contributed by atoms with Gasteiger partial charge in [0.1, 0.15) is 11.5 Å². The highest BCUT2D eigenvalue weighted by Gasteiger charge is 2.20. The summed E-state index contributed by atoms with van der Waals surface area (Å²) < 4.78 is 0.963. The molecule has 3 rings (SSSR count). The van der Waals surface area contributed by atoms with Gasteiger partial charge in [0, 0.05) is 34.9 Å². The fraction of sp³-hybridized carbons (Fsp3) is 0.438. The van der Waals surface area contributed by atoms with E-state index in [1.54, 1.807) is 6.20 Å². The van der Waals surface area contributed by atoms with Crippen molar-refractivity contribution < 1.29 is 0 Å². The van der Waals surface area contributed by atoms with E-state index >= 15 is 0 Å². The molecule has 0 aromatic carbocycles. The van der Waals surface area contributed by atoms with Gasteiger partial charge in [0.25, 0.3) is 0 Å². The summed E-state index contributed by atoms with van der Waals surface area (Å²) in [6.45, 7) is 2.93. The van der Waals surface area contributed by atoms with Crippen LogP contribution in [0.1, 0.15) is 44.2 Å². The van der Waals surface area contributed by atoms with E-state index in [1.807, 2.05) is 12.1 Å².